The lowest BCUT2D eigenvalue weighted by atomic mass is 10.2. The first-order valence-electron chi connectivity index (χ1n) is 8.80. The highest BCUT2D eigenvalue weighted by atomic mass is 16.6. The van der Waals surface area contributed by atoms with E-state index >= 15 is 0 Å². The van der Waals surface area contributed by atoms with E-state index in [1.807, 2.05) is 28.2 Å². The van der Waals surface area contributed by atoms with Crippen LogP contribution in [0.1, 0.15) is 38.5 Å². The minimum absolute atomic E-state index is 0.0962. The van der Waals surface area contributed by atoms with Crippen LogP contribution in [-0.2, 0) is 19.1 Å². The summed E-state index contributed by atoms with van der Waals surface area (Å²) in [4.78, 5) is 28.1. The van der Waals surface area contributed by atoms with Crippen LogP contribution in [0.3, 0.4) is 0 Å². The Morgan fingerprint density at radius 1 is 0.750 bits per heavy atom. The standard InChI is InChI=1S/C18H30N2O4/c1-19(2)13-7-5-9-15(13)23-17(21)11-12-18(22)24-16-10-6-8-14(16)20(3)4/h11-16H,5-10H2,1-4H3/b12-11+. The van der Waals surface area contributed by atoms with E-state index in [2.05, 4.69) is 9.80 Å². The van der Waals surface area contributed by atoms with Crippen LogP contribution in [0.25, 0.3) is 0 Å². The fourth-order valence-corrected chi connectivity index (χ4v) is 3.78. The number of rotatable bonds is 6. The zero-order valence-corrected chi connectivity index (χ0v) is 15.2. The number of nitrogens with zero attached hydrogens (tertiary/aromatic N) is 2. The summed E-state index contributed by atoms with van der Waals surface area (Å²) >= 11 is 0. The molecule has 0 aromatic rings. The van der Waals surface area contributed by atoms with Crippen molar-refractivity contribution in [3.63, 3.8) is 0 Å². The zero-order chi connectivity index (χ0) is 17.7. The van der Waals surface area contributed by atoms with Crippen LogP contribution < -0.4 is 0 Å². The molecule has 136 valence electrons. The van der Waals surface area contributed by atoms with Crippen molar-refractivity contribution in [1.82, 2.24) is 9.80 Å². The molecule has 0 bridgehead atoms. The third-order valence-corrected chi connectivity index (χ3v) is 5.05. The van der Waals surface area contributed by atoms with E-state index in [1.54, 1.807) is 0 Å². The Balaban J connectivity index is 1.79. The Morgan fingerprint density at radius 3 is 1.46 bits per heavy atom. The van der Waals surface area contributed by atoms with Crippen molar-refractivity contribution in [1.29, 1.82) is 0 Å². The van der Waals surface area contributed by atoms with Gasteiger partial charge < -0.3 is 19.3 Å². The van der Waals surface area contributed by atoms with E-state index in [0.717, 1.165) is 38.5 Å². The first-order chi connectivity index (χ1) is 11.4. The molecule has 2 aliphatic carbocycles. The van der Waals surface area contributed by atoms with E-state index in [1.165, 1.54) is 12.2 Å². The van der Waals surface area contributed by atoms with E-state index < -0.39 is 11.9 Å². The summed E-state index contributed by atoms with van der Waals surface area (Å²) in [7, 11) is 7.97. The van der Waals surface area contributed by atoms with Crippen LogP contribution in [0.5, 0.6) is 0 Å². The summed E-state index contributed by atoms with van der Waals surface area (Å²) in [5, 5.41) is 0. The minimum Gasteiger partial charge on any atom is -0.458 e. The molecule has 2 aliphatic rings. The second kappa shape index (κ2) is 8.62. The van der Waals surface area contributed by atoms with Crippen molar-refractivity contribution < 1.29 is 19.1 Å². The average molecular weight is 338 g/mol. The summed E-state index contributed by atoms with van der Waals surface area (Å²) < 4.78 is 11.0. The summed E-state index contributed by atoms with van der Waals surface area (Å²) in [6.07, 6.45) is 8.11. The molecule has 0 aliphatic heterocycles. The number of hydrogen-bond donors (Lipinski definition) is 0. The Bertz CT molecular complexity index is 434. The molecule has 0 heterocycles. The SMILES string of the molecule is CN(C)C1CCCC1OC(=O)/C=C/C(=O)OC1CCCC1N(C)C. The molecule has 0 saturated heterocycles. The van der Waals surface area contributed by atoms with Gasteiger partial charge in [-0.25, -0.2) is 9.59 Å². The predicted octanol–water partition coefficient (Wildman–Crippen LogP) is 1.59. The molecule has 4 atom stereocenters. The van der Waals surface area contributed by atoms with Crippen LogP contribution >= 0.6 is 0 Å². The Hall–Kier alpha value is -1.40. The third kappa shape index (κ3) is 5.05. The van der Waals surface area contributed by atoms with Gasteiger partial charge in [-0.2, -0.15) is 0 Å². The molecule has 0 aromatic heterocycles. The van der Waals surface area contributed by atoms with Gasteiger partial charge in [0.2, 0.25) is 0 Å². The van der Waals surface area contributed by atoms with Gasteiger partial charge in [0.15, 0.2) is 0 Å². The number of ether oxygens (including phenoxy) is 2. The smallest absolute Gasteiger partial charge is 0.331 e. The molecule has 0 aromatic carbocycles. The van der Waals surface area contributed by atoms with Crippen LogP contribution in [0, 0.1) is 0 Å². The van der Waals surface area contributed by atoms with Gasteiger partial charge in [0.25, 0.3) is 0 Å². The Kier molecular flexibility index (Phi) is 6.80. The normalized spacial score (nSPS) is 30.4. The molecule has 2 rings (SSSR count). The number of carbonyl (C=O) groups is 2. The van der Waals surface area contributed by atoms with Crippen LogP contribution in [0.15, 0.2) is 12.2 Å². The molecule has 0 N–H and O–H groups in total. The lowest BCUT2D eigenvalue weighted by Gasteiger charge is -2.25. The second-order valence-corrected chi connectivity index (χ2v) is 7.21. The summed E-state index contributed by atoms with van der Waals surface area (Å²) in [5.41, 5.74) is 0. The highest BCUT2D eigenvalue weighted by Gasteiger charge is 2.32. The van der Waals surface area contributed by atoms with Gasteiger partial charge in [-0.1, -0.05) is 0 Å². The number of carbonyl (C=O) groups excluding carboxylic acids is 2. The number of hydrogen-bond acceptors (Lipinski definition) is 6. The van der Waals surface area contributed by atoms with Crippen molar-refractivity contribution in [3.05, 3.63) is 12.2 Å². The van der Waals surface area contributed by atoms with E-state index in [4.69, 9.17) is 9.47 Å². The van der Waals surface area contributed by atoms with Crippen molar-refractivity contribution in [2.75, 3.05) is 28.2 Å². The fourth-order valence-electron chi connectivity index (χ4n) is 3.78. The molecule has 0 radical (unpaired) electrons. The molecule has 0 spiro atoms. The quantitative estimate of drug-likeness (QED) is 0.541. The van der Waals surface area contributed by atoms with Gasteiger partial charge in [0.1, 0.15) is 12.2 Å². The Morgan fingerprint density at radius 2 is 1.12 bits per heavy atom. The first kappa shape index (κ1) is 18.9. The summed E-state index contributed by atoms with van der Waals surface area (Å²) in [6.45, 7) is 0. The van der Waals surface area contributed by atoms with Gasteiger partial charge in [0, 0.05) is 24.2 Å². The monoisotopic (exact) mass is 338 g/mol. The highest BCUT2D eigenvalue weighted by molar-refractivity contribution is 5.91. The molecule has 2 fully saturated rings. The van der Waals surface area contributed by atoms with Gasteiger partial charge in [-0.15, -0.1) is 0 Å². The molecule has 4 unspecified atom stereocenters. The maximum Gasteiger partial charge on any atom is 0.331 e. The molecule has 0 amide bonds. The zero-order valence-electron chi connectivity index (χ0n) is 15.2. The lowest BCUT2D eigenvalue weighted by Crippen LogP contribution is -2.37. The molecule has 24 heavy (non-hydrogen) atoms. The molecular weight excluding hydrogens is 308 g/mol. The largest absolute Gasteiger partial charge is 0.458 e. The topological polar surface area (TPSA) is 59.1 Å². The third-order valence-electron chi connectivity index (χ3n) is 5.05. The maximum absolute atomic E-state index is 11.9. The van der Waals surface area contributed by atoms with Crippen molar-refractivity contribution in [2.45, 2.75) is 62.8 Å². The van der Waals surface area contributed by atoms with Gasteiger partial charge in [0.05, 0.1) is 0 Å². The van der Waals surface area contributed by atoms with Crippen LogP contribution in [0.2, 0.25) is 0 Å². The van der Waals surface area contributed by atoms with E-state index in [9.17, 15) is 9.59 Å². The lowest BCUT2D eigenvalue weighted by molar-refractivity contribution is -0.147. The van der Waals surface area contributed by atoms with Crippen molar-refractivity contribution >= 4 is 11.9 Å². The van der Waals surface area contributed by atoms with Crippen molar-refractivity contribution in [3.8, 4) is 0 Å². The van der Waals surface area contributed by atoms with E-state index in [0.29, 0.717) is 0 Å². The Labute approximate surface area is 144 Å². The second-order valence-electron chi connectivity index (χ2n) is 7.21. The van der Waals surface area contributed by atoms with Gasteiger partial charge in [-0.05, 0) is 66.7 Å². The summed E-state index contributed by atoms with van der Waals surface area (Å²) in [5.74, 6) is -0.942. The first-order valence-corrected chi connectivity index (χ1v) is 8.80. The fraction of sp³-hybridized carbons (Fsp3) is 0.778. The minimum atomic E-state index is -0.471. The van der Waals surface area contributed by atoms with Gasteiger partial charge >= 0.3 is 11.9 Å². The number of esters is 2. The number of likely N-dealkylation sites (N-methyl/N-ethyl adjacent to an activating group) is 2. The predicted molar refractivity (Wildman–Crippen MR) is 91.6 cm³/mol. The molecule has 6 nitrogen and oxygen atoms in total. The molecular formula is C18H30N2O4. The van der Waals surface area contributed by atoms with Crippen molar-refractivity contribution in [2.24, 2.45) is 0 Å². The summed E-state index contributed by atoms with van der Waals surface area (Å²) in [6, 6.07) is 0.516. The van der Waals surface area contributed by atoms with Crippen LogP contribution in [-0.4, -0.2) is 74.2 Å². The highest BCUT2D eigenvalue weighted by Crippen LogP contribution is 2.26. The van der Waals surface area contributed by atoms with Crippen LogP contribution in [0.4, 0.5) is 0 Å². The van der Waals surface area contributed by atoms with Gasteiger partial charge in [-0.3, -0.25) is 0 Å². The van der Waals surface area contributed by atoms with E-state index in [-0.39, 0.29) is 24.3 Å². The average Bonchev–Trinajstić information content (AvgIpc) is 3.14. The maximum atomic E-state index is 11.9. The molecule has 6 heteroatoms. The molecule has 2 saturated carbocycles.